The second kappa shape index (κ2) is 7.92. The number of benzene rings is 1. The van der Waals surface area contributed by atoms with Crippen LogP contribution >= 0.6 is 0 Å². The number of amides is 1. The molecule has 28 heavy (non-hydrogen) atoms. The molecular weight excluding hydrogens is 366 g/mol. The fourth-order valence-corrected chi connectivity index (χ4v) is 3.09. The first-order valence-corrected chi connectivity index (χ1v) is 8.97. The van der Waals surface area contributed by atoms with E-state index in [9.17, 15) is 13.6 Å². The van der Waals surface area contributed by atoms with E-state index in [-0.39, 0.29) is 23.5 Å². The Morgan fingerprint density at radius 1 is 1.39 bits per heavy atom. The molecule has 8 heteroatoms. The lowest BCUT2D eigenvalue weighted by atomic mass is 9.84. The second-order valence-electron chi connectivity index (χ2n) is 6.98. The Hall–Kier alpha value is -3.03. The molecule has 0 spiro atoms. The monoisotopic (exact) mass is 388 g/mol. The van der Waals surface area contributed by atoms with Crippen LogP contribution in [0.2, 0.25) is 0 Å². The number of allylic oxidation sites excluding steroid dienone is 4. The molecule has 1 aromatic carbocycles. The van der Waals surface area contributed by atoms with E-state index in [0.717, 1.165) is 12.0 Å². The lowest BCUT2D eigenvalue weighted by Gasteiger charge is -2.21. The van der Waals surface area contributed by atoms with Crippen LogP contribution in [-0.4, -0.2) is 26.8 Å². The molecule has 0 bridgehead atoms. The van der Waals surface area contributed by atoms with E-state index in [1.54, 1.807) is 23.1 Å². The largest absolute Gasteiger partial charge is 0.433 e. The second-order valence-corrected chi connectivity index (χ2v) is 6.98. The molecule has 1 heterocycles. The van der Waals surface area contributed by atoms with Gasteiger partial charge in [0, 0.05) is 18.9 Å². The molecular formula is C20H22F2N4O2. The number of ether oxygens (including phenoxy) is 1. The van der Waals surface area contributed by atoms with E-state index in [2.05, 4.69) is 20.9 Å². The Balaban J connectivity index is 1.67. The van der Waals surface area contributed by atoms with Gasteiger partial charge in [-0.1, -0.05) is 25.2 Å². The topological polar surface area (TPSA) is 83.0 Å². The summed E-state index contributed by atoms with van der Waals surface area (Å²) in [6.07, 6.45) is 5.53. The molecule has 0 saturated carbocycles. The predicted molar refractivity (Wildman–Crippen MR) is 101 cm³/mol. The molecule has 148 valence electrons. The minimum absolute atomic E-state index is 0.0747. The van der Waals surface area contributed by atoms with E-state index >= 15 is 0 Å². The minimum Gasteiger partial charge on any atom is -0.433 e. The Morgan fingerprint density at radius 3 is 2.68 bits per heavy atom. The summed E-state index contributed by atoms with van der Waals surface area (Å²) in [6, 6.07) is 6.18. The van der Waals surface area contributed by atoms with Crippen molar-refractivity contribution in [2.45, 2.75) is 32.8 Å². The number of nitrogens with zero attached hydrogens (tertiary/aromatic N) is 3. The first kappa shape index (κ1) is 19.7. The number of rotatable bonds is 7. The van der Waals surface area contributed by atoms with Gasteiger partial charge in [-0.25, -0.2) is 9.67 Å². The van der Waals surface area contributed by atoms with Gasteiger partial charge >= 0.3 is 6.11 Å². The number of nitrogens with two attached hydrogens (primary N) is 1. The number of alkyl halides is 2. The van der Waals surface area contributed by atoms with Crippen molar-refractivity contribution in [2.24, 2.45) is 17.6 Å². The van der Waals surface area contributed by atoms with E-state index in [4.69, 9.17) is 5.73 Å². The molecule has 1 amide bonds. The van der Waals surface area contributed by atoms with Crippen LogP contribution in [0.25, 0.3) is 11.3 Å². The van der Waals surface area contributed by atoms with Gasteiger partial charge in [0.25, 0.3) is 0 Å². The van der Waals surface area contributed by atoms with E-state index < -0.39 is 6.11 Å². The highest BCUT2D eigenvalue weighted by Crippen LogP contribution is 2.29. The van der Waals surface area contributed by atoms with Crippen LogP contribution in [0.4, 0.5) is 8.78 Å². The average molecular weight is 388 g/mol. The Kier molecular flexibility index (Phi) is 5.58. The molecule has 0 fully saturated rings. The summed E-state index contributed by atoms with van der Waals surface area (Å²) in [5, 5.41) is 4.45. The molecule has 0 saturated heterocycles. The number of hydrogen-bond acceptors (Lipinski definition) is 4. The van der Waals surface area contributed by atoms with Gasteiger partial charge in [0.05, 0.1) is 5.69 Å². The van der Waals surface area contributed by atoms with Gasteiger partial charge in [-0.3, -0.25) is 4.79 Å². The van der Waals surface area contributed by atoms with E-state index in [0.29, 0.717) is 24.9 Å². The maximum atomic E-state index is 12.9. The van der Waals surface area contributed by atoms with Gasteiger partial charge in [-0.05, 0) is 42.5 Å². The summed E-state index contributed by atoms with van der Waals surface area (Å²) >= 11 is 0. The lowest BCUT2D eigenvalue weighted by molar-refractivity contribution is -0.158. The maximum Gasteiger partial charge on any atom is 0.394 e. The summed E-state index contributed by atoms with van der Waals surface area (Å²) < 4.78 is 31.9. The number of halogens is 2. The number of aromatic nitrogens is 3. The van der Waals surface area contributed by atoms with E-state index in [1.165, 1.54) is 12.1 Å². The molecule has 2 aromatic rings. The highest BCUT2D eigenvalue weighted by atomic mass is 19.3. The Bertz CT molecular complexity index is 898. The molecule has 0 aliphatic heterocycles. The van der Waals surface area contributed by atoms with Gasteiger partial charge in [0.1, 0.15) is 12.1 Å². The highest BCUT2D eigenvalue weighted by Gasteiger charge is 2.23. The molecule has 6 nitrogen and oxygen atoms in total. The normalized spacial score (nSPS) is 17.9. The third-order valence-corrected chi connectivity index (χ3v) is 4.54. The van der Waals surface area contributed by atoms with Gasteiger partial charge < -0.3 is 10.5 Å². The van der Waals surface area contributed by atoms with Crippen LogP contribution in [0.1, 0.15) is 32.5 Å². The lowest BCUT2D eigenvalue weighted by Crippen LogP contribution is -2.20. The third-order valence-electron chi connectivity index (χ3n) is 4.54. The third kappa shape index (κ3) is 5.03. The summed E-state index contributed by atoms with van der Waals surface area (Å²) in [4.78, 5) is 15.4. The smallest absolute Gasteiger partial charge is 0.394 e. The minimum atomic E-state index is -3.23. The summed E-state index contributed by atoms with van der Waals surface area (Å²) in [5.74, 6) is 0.773. The molecule has 3 rings (SSSR count). The molecule has 2 unspecified atom stereocenters. The fourth-order valence-electron chi connectivity index (χ4n) is 3.09. The molecule has 1 aliphatic rings. The van der Waals surface area contributed by atoms with Crippen molar-refractivity contribution in [2.75, 3.05) is 0 Å². The predicted octanol–water partition coefficient (Wildman–Crippen LogP) is 3.73. The molecule has 1 aromatic heterocycles. The first-order chi connectivity index (χ1) is 13.2. The average Bonchev–Trinajstić information content (AvgIpc) is 3.10. The zero-order valence-electron chi connectivity index (χ0n) is 15.7. The molecule has 2 N–H and O–H groups in total. The van der Waals surface area contributed by atoms with Crippen molar-refractivity contribution in [3.05, 3.63) is 54.6 Å². The summed E-state index contributed by atoms with van der Waals surface area (Å²) in [5.41, 5.74) is 6.84. The van der Waals surface area contributed by atoms with Crippen molar-refractivity contribution >= 4 is 11.5 Å². The van der Waals surface area contributed by atoms with Crippen molar-refractivity contribution in [1.29, 1.82) is 0 Å². The van der Waals surface area contributed by atoms with Crippen LogP contribution in [0.5, 0.6) is 5.75 Å². The van der Waals surface area contributed by atoms with Crippen LogP contribution in [-0.2, 0) is 4.79 Å². The number of carbonyl (C=O) groups is 1. The van der Waals surface area contributed by atoms with Gasteiger partial charge in [0.2, 0.25) is 5.91 Å². The Morgan fingerprint density at radius 2 is 2.11 bits per heavy atom. The number of hydrogen-bond donors (Lipinski definition) is 1. The van der Waals surface area contributed by atoms with Crippen LogP contribution in [0.3, 0.4) is 0 Å². The van der Waals surface area contributed by atoms with Gasteiger partial charge in [0.15, 0.2) is 5.82 Å². The van der Waals surface area contributed by atoms with Crippen molar-refractivity contribution in [1.82, 2.24) is 14.8 Å². The summed E-state index contributed by atoms with van der Waals surface area (Å²) in [6.45, 7) is 2.70. The van der Waals surface area contributed by atoms with Crippen molar-refractivity contribution in [3.63, 3.8) is 0 Å². The van der Waals surface area contributed by atoms with Gasteiger partial charge in [-0.2, -0.15) is 8.78 Å². The fraction of sp³-hybridized carbons (Fsp3) is 0.350. The van der Waals surface area contributed by atoms with Crippen LogP contribution in [0.15, 0.2) is 48.8 Å². The SMILES string of the molecule is CC(CC(N)=O)C1C=CC(c2ncn(-c3ccc(OC(C)(F)F)cc3)n2)=CC1. The standard InChI is InChI=1S/C20H22F2N4O2/c1-13(11-18(23)27)14-3-5-15(6-4-14)19-24-12-26(25-19)16-7-9-17(10-8-16)28-20(2,21)22/h3,5-10,12-14H,4,11H2,1-2H3,(H2,23,27). The van der Waals surface area contributed by atoms with Crippen molar-refractivity contribution in [3.8, 4) is 11.4 Å². The number of primary amides is 1. The van der Waals surface area contributed by atoms with Gasteiger partial charge in [-0.15, -0.1) is 5.10 Å². The zero-order chi connectivity index (χ0) is 20.3. The van der Waals surface area contributed by atoms with Crippen LogP contribution in [0, 0.1) is 11.8 Å². The molecule has 0 radical (unpaired) electrons. The summed E-state index contributed by atoms with van der Waals surface area (Å²) in [7, 11) is 0. The molecule has 2 atom stereocenters. The highest BCUT2D eigenvalue weighted by molar-refractivity contribution is 5.74. The maximum absolute atomic E-state index is 12.9. The number of carbonyl (C=O) groups excluding carboxylic acids is 1. The first-order valence-electron chi connectivity index (χ1n) is 8.97. The van der Waals surface area contributed by atoms with Crippen LogP contribution < -0.4 is 10.5 Å². The Labute approximate surface area is 161 Å². The molecule has 1 aliphatic carbocycles. The zero-order valence-corrected chi connectivity index (χ0v) is 15.7. The van der Waals surface area contributed by atoms with Crippen molar-refractivity contribution < 1.29 is 18.3 Å². The van der Waals surface area contributed by atoms with E-state index in [1.807, 2.05) is 19.1 Å². The quantitative estimate of drug-likeness (QED) is 0.783.